The Kier molecular flexibility index (Phi) is 13.4. The molecule has 6 aromatic rings. The van der Waals surface area contributed by atoms with Crippen LogP contribution < -0.4 is 26.9 Å². The van der Waals surface area contributed by atoms with E-state index in [-0.39, 0.29) is 12.8 Å². The Morgan fingerprint density at radius 2 is 1.31 bits per heavy atom. The number of benzene rings is 5. The van der Waals surface area contributed by atoms with Gasteiger partial charge in [-0.2, -0.15) is 0 Å². The predicted octanol–water partition coefficient (Wildman–Crippen LogP) is 8.26. The first kappa shape index (κ1) is 35.5. The zero-order valence-corrected chi connectivity index (χ0v) is 29.3. The highest BCUT2D eigenvalue weighted by molar-refractivity contribution is 6.84. The zero-order chi connectivity index (χ0) is 34.3. The lowest BCUT2D eigenvalue weighted by Crippen LogP contribution is -2.39. The van der Waals surface area contributed by atoms with E-state index in [4.69, 9.17) is 4.98 Å². The van der Waals surface area contributed by atoms with Gasteiger partial charge in [0.2, 0.25) is 6.71 Å². The lowest BCUT2D eigenvalue weighted by molar-refractivity contribution is 0.876. The van der Waals surface area contributed by atoms with Gasteiger partial charge in [-0.1, -0.05) is 169 Å². The van der Waals surface area contributed by atoms with Crippen molar-refractivity contribution in [3.05, 3.63) is 180 Å². The van der Waals surface area contributed by atoms with Gasteiger partial charge < -0.3 is 9.88 Å². The van der Waals surface area contributed by atoms with Crippen LogP contribution in [0.4, 0.5) is 5.69 Å². The highest BCUT2D eigenvalue weighted by Crippen LogP contribution is 2.25. The molecule has 1 aromatic heterocycles. The van der Waals surface area contributed by atoms with Gasteiger partial charge in [0.05, 0.1) is 10.7 Å². The summed E-state index contributed by atoms with van der Waals surface area (Å²) in [6, 6.07) is 48.4. The van der Waals surface area contributed by atoms with Gasteiger partial charge >= 0.3 is 0 Å². The van der Waals surface area contributed by atoms with E-state index in [0.717, 1.165) is 27.8 Å². The fourth-order valence-electron chi connectivity index (χ4n) is 5.58. The standard InChI is InChI=1S/C31H34BN3.C7H8.C6H6/c1-7-14-29-30(8-2)35(6)31(34-29)25-19-24(23(4)33-28-18-13-12-15-22(28)3)20-27(21-25)32(5)26-16-10-9-11-17-26;1-7-5-3-2-4-6-7;1-2-4-6-5-3-1/h7-21,23,33H,1H2,2-6H3;2-6H,1H3;1-6H/b29-14+,30-8+;;. The summed E-state index contributed by atoms with van der Waals surface area (Å²) in [6.07, 6.45) is 5.87. The number of rotatable bonds is 7. The maximum atomic E-state index is 5.00. The minimum absolute atomic E-state index is 0.134. The monoisotopic (exact) mass is 629 g/mol. The quantitative estimate of drug-likeness (QED) is 0.180. The molecule has 242 valence electrons. The van der Waals surface area contributed by atoms with Gasteiger partial charge in [0, 0.05) is 24.3 Å². The predicted molar refractivity (Wildman–Crippen MR) is 211 cm³/mol. The first-order valence-corrected chi connectivity index (χ1v) is 16.7. The summed E-state index contributed by atoms with van der Waals surface area (Å²) in [6.45, 7) is 14.9. The number of nitrogens with one attached hydrogen (secondary N) is 1. The van der Waals surface area contributed by atoms with Crippen molar-refractivity contribution in [2.75, 3.05) is 5.32 Å². The van der Waals surface area contributed by atoms with Crippen LogP contribution in [-0.2, 0) is 7.05 Å². The van der Waals surface area contributed by atoms with Crippen LogP contribution in [0.15, 0.2) is 152 Å². The van der Waals surface area contributed by atoms with Crippen molar-refractivity contribution in [1.29, 1.82) is 0 Å². The molecule has 0 aliphatic heterocycles. The Morgan fingerprint density at radius 1 is 0.750 bits per heavy atom. The molecule has 0 aliphatic rings. The zero-order valence-electron chi connectivity index (χ0n) is 29.3. The van der Waals surface area contributed by atoms with E-state index in [2.05, 4.69) is 149 Å². The normalized spacial score (nSPS) is 11.8. The largest absolute Gasteiger partial charge is 0.378 e. The minimum atomic E-state index is 0.134. The van der Waals surface area contributed by atoms with Crippen molar-refractivity contribution in [3.63, 3.8) is 0 Å². The number of anilines is 1. The highest BCUT2D eigenvalue weighted by Gasteiger charge is 2.19. The smallest absolute Gasteiger partial charge is 0.206 e. The number of aryl methyl sites for hydroxylation is 2. The van der Waals surface area contributed by atoms with Crippen LogP contribution in [0.3, 0.4) is 0 Å². The number of aromatic nitrogens is 2. The number of nitrogens with zero attached hydrogens (tertiary/aromatic N) is 2. The van der Waals surface area contributed by atoms with Gasteiger partial charge in [-0.25, -0.2) is 4.98 Å². The Balaban J connectivity index is 0.000000330. The van der Waals surface area contributed by atoms with Crippen molar-refractivity contribution in [2.45, 2.75) is 40.6 Å². The lowest BCUT2D eigenvalue weighted by atomic mass is 9.42. The summed E-state index contributed by atoms with van der Waals surface area (Å²) in [5.74, 6) is 0.956. The number of imidazole rings is 1. The third kappa shape index (κ3) is 9.83. The van der Waals surface area contributed by atoms with E-state index in [1.807, 2.05) is 60.7 Å². The summed E-state index contributed by atoms with van der Waals surface area (Å²) in [7, 11) is 2.08. The summed E-state index contributed by atoms with van der Waals surface area (Å²) in [5.41, 5.74) is 8.66. The third-order valence-electron chi connectivity index (χ3n) is 8.38. The first-order chi connectivity index (χ1) is 23.3. The maximum absolute atomic E-state index is 5.00. The van der Waals surface area contributed by atoms with Crippen LogP contribution in [0, 0.1) is 13.8 Å². The molecule has 0 amide bonds. The average Bonchev–Trinajstić information content (AvgIpc) is 3.45. The summed E-state index contributed by atoms with van der Waals surface area (Å²) in [4.78, 5) is 5.00. The Labute approximate surface area is 288 Å². The van der Waals surface area contributed by atoms with Gasteiger partial charge in [-0.05, 0) is 57.0 Å². The molecule has 1 N–H and O–H groups in total. The number of hydrogen-bond donors (Lipinski definition) is 1. The van der Waals surface area contributed by atoms with Gasteiger partial charge in [-0.3, -0.25) is 0 Å². The van der Waals surface area contributed by atoms with E-state index >= 15 is 0 Å². The topological polar surface area (TPSA) is 29.9 Å². The fourth-order valence-corrected chi connectivity index (χ4v) is 5.58. The van der Waals surface area contributed by atoms with Crippen molar-refractivity contribution >= 4 is 35.5 Å². The first-order valence-electron chi connectivity index (χ1n) is 16.7. The molecular weight excluding hydrogens is 581 g/mol. The molecule has 48 heavy (non-hydrogen) atoms. The van der Waals surface area contributed by atoms with E-state index in [0.29, 0.717) is 0 Å². The Morgan fingerprint density at radius 3 is 1.85 bits per heavy atom. The van der Waals surface area contributed by atoms with Crippen molar-refractivity contribution in [2.24, 2.45) is 7.05 Å². The van der Waals surface area contributed by atoms with Crippen LogP contribution >= 0.6 is 0 Å². The molecule has 5 aromatic carbocycles. The van der Waals surface area contributed by atoms with Gasteiger partial charge in [-0.15, -0.1) is 0 Å². The van der Waals surface area contributed by atoms with Crippen LogP contribution in [0.25, 0.3) is 23.5 Å². The van der Waals surface area contributed by atoms with Gasteiger partial charge in [0.25, 0.3) is 0 Å². The second-order valence-electron chi connectivity index (χ2n) is 12.0. The number of para-hydroxylation sites is 1. The molecule has 3 nitrogen and oxygen atoms in total. The molecular formula is C44H48BN3. The maximum Gasteiger partial charge on any atom is 0.206 e. The number of allylic oxidation sites excluding steroid dienone is 1. The fraction of sp³-hybridized carbons (Fsp3) is 0.159. The molecule has 1 heterocycles. The third-order valence-corrected chi connectivity index (χ3v) is 8.38. The second kappa shape index (κ2) is 18.1. The minimum Gasteiger partial charge on any atom is -0.378 e. The summed E-state index contributed by atoms with van der Waals surface area (Å²) in [5, 5.41) is 5.75. The van der Waals surface area contributed by atoms with Gasteiger partial charge in [0.15, 0.2) is 0 Å². The van der Waals surface area contributed by atoms with Crippen molar-refractivity contribution < 1.29 is 0 Å². The van der Waals surface area contributed by atoms with E-state index in [9.17, 15) is 0 Å². The molecule has 1 atom stereocenters. The van der Waals surface area contributed by atoms with Crippen LogP contribution in [0.2, 0.25) is 6.82 Å². The molecule has 0 spiro atoms. The second-order valence-corrected chi connectivity index (χ2v) is 12.0. The van der Waals surface area contributed by atoms with Gasteiger partial charge in [0.1, 0.15) is 5.82 Å². The van der Waals surface area contributed by atoms with E-state index < -0.39 is 0 Å². The highest BCUT2D eigenvalue weighted by atomic mass is 15.0. The molecule has 0 saturated heterocycles. The SMILES string of the molecule is C=C/C=c1/nc(-c2cc(B(C)c3ccccc3)cc(C(C)Nc3ccccc3C)c2)n(C)/c1=C/C.Cc1ccccc1.c1ccccc1. The van der Waals surface area contributed by atoms with Crippen molar-refractivity contribution in [3.8, 4) is 11.4 Å². The molecule has 1 unspecified atom stereocenters. The average molecular weight is 630 g/mol. The van der Waals surface area contributed by atoms with Crippen LogP contribution in [0.1, 0.15) is 36.6 Å². The van der Waals surface area contributed by atoms with Crippen LogP contribution in [0.5, 0.6) is 0 Å². The molecule has 0 saturated carbocycles. The van der Waals surface area contributed by atoms with Crippen molar-refractivity contribution in [1.82, 2.24) is 9.55 Å². The summed E-state index contributed by atoms with van der Waals surface area (Å²) < 4.78 is 2.17. The lowest BCUT2D eigenvalue weighted by Gasteiger charge is -2.21. The van der Waals surface area contributed by atoms with E-state index in [1.54, 1.807) is 6.08 Å². The van der Waals surface area contributed by atoms with E-state index in [1.165, 1.54) is 27.6 Å². The Hall–Kier alpha value is -5.35. The molecule has 0 bridgehead atoms. The Bertz CT molecular complexity index is 1950. The molecule has 0 radical (unpaired) electrons. The van der Waals surface area contributed by atoms with Crippen LogP contribution in [-0.4, -0.2) is 16.3 Å². The molecule has 0 fully saturated rings. The number of hydrogen-bond acceptors (Lipinski definition) is 2. The molecule has 0 aliphatic carbocycles. The molecule has 4 heteroatoms. The molecule has 6 rings (SSSR count). The summed E-state index contributed by atoms with van der Waals surface area (Å²) >= 11 is 0.